The van der Waals surface area contributed by atoms with Crippen LogP contribution >= 0.6 is 23.4 Å². The van der Waals surface area contributed by atoms with E-state index in [1.165, 1.54) is 11.8 Å². The molecule has 0 bridgehead atoms. The molecule has 3 aromatic rings. The molecular weight excluding hydrogens is 408 g/mol. The molecule has 2 aromatic carbocycles. The zero-order chi connectivity index (χ0) is 20.8. The predicted molar refractivity (Wildman–Crippen MR) is 118 cm³/mol. The van der Waals surface area contributed by atoms with Crippen molar-refractivity contribution in [3.05, 3.63) is 53.1 Å². The van der Waals surface area contributed by atoms with Crippen molar-refractivity contribution in [1.29, 1.82) is 0 Å². The number of anilines is 1. The Kier molecular flexibility index (Phi) is 7.17. The number of amides is 1. The summed E-state index contributed by atoms with van der Waals surface area (Å²) < 4.78 is 7.33. The number of hydrogen-bond donors (Lipinski definition) is 1. The van der Waals surface area contributed by atoms with Gasteiger partial charge in [-0.1, -0.05) is 54.0 Å². The van der Waals surface area contributed by atoms with Gasteiger partial charge >= 0.3 is 0 Å². The van der Waals surface area contributed by atoms with Gasteiger partial charge in [-0.3, -0.25) is 4.79 Å². The molecule has 1 aromatic heterocycles. The van der Waals surface area contributed by atoms with Crippen molar-refractivity contribution in [3.63, 3.8) is 0 Å². The van der Waals surface area contributed by atoms with Crippen LogP contribution in [0.15, 0.2) is 47.6 Å². The van der Waals surface area contributed by atoms with Gasteiger partial charge in [0.1, 0.15) is 5.75 Å². The van der Waals surface area contributed by atoms with Crippen molar-refractivity contribution < 1.29 is 9.53 Å². The van der Waals surface area contributed by atoms with Crippen LogP contribution in [0.5, 0.6) is 5.75 Å². The van der Waals surface area contributed by atoms with Crippen LogP contribution in [0.4, 0.5) is 5.69 Å². The van der Waals surface area contributed by atoms with Gasteiger partial charge in [-0.05, 0) is 37.6 Å². The van der Waals surface area contributed by atoms with Crippen LogP contribution in [0.1, 0.15) is 18.9 Å². The first-order valence-electron chi connectivity index (χ1n) is 9.28. The van der Waals surface area contributed by atoms with Crippen molar-refractivity contribution in [3.8, 4) is 17.1 Å². The topological polar surface area (TPSA) is 69.0 Å². The van der Waals surface area contributed by atoms with Crippen LogP contribution in [-0.2, 0) is 11.3 Å². The van der Waals surface area contributed by atoms with Gasteiger partial charge in [0.25, 0.3) is 0 Å². The SMILES string of the molecule is CCCn1c(SCC(=O)Nc2cc(Cl)ccc2OC)nnc1-c1cccc(C)c1. The largest absolute Gasteiger partial charge is 0.495 e. The number of aromatic nitrogens is 3. The van der Waals surface area contributed by atoms with Gasteiger partial charge in [-0.2, -0.15) is 0 Å². The highest BCUT2D eigenvalue weighted by Gasteiger charge is 2.16. The van der Waals surface area contributed by atoms with Gasteiger partial charge in [0.05, 0.1) is 18.6 Å². The molecule has 1 heterocycles. The average Bonchev–Trinajstić information content (AvgIpc) is 3.09. The van der Waals surface area contributed by atoms with Crippen molar-refractivity contribution in [2.75, 3.05) is 18.2 Å². The number of carbonyl (C=O) groups is 1. The van der Waals surface area contributed by atoms with Crippen molar-refractivity contribution >= 4 is 35.0 Å². The first kappa shape index (κ1) is 21.2. The lowest BCUT2D eigenvalue weighted by Gasteiger charge is -2.11. The van der Waals surface area contributed by atoms with E-state index < -0.39 is 0 Å². The lowest BCUT2D eigenvalue weighted by Crippen LogP contribution is -2.15. The monoisotopic (exact) mass is 430 g/mol. The molecular formula is C21H23ClN4O2S. The maximum absolute atomic E-state index is 12.5. The Balaban J connectivity index is 1.74. The van der Waals surface area contributed by atoms with Gasteiger partial charge < -0.3 is 14.6 Å². The van der Waals surface area contributed by atoms with E-state index in [1.54, 1.807) is 25.3 Å². The summed E-state index contributed by atoms with van der Waals surface area (Å²) >= 11 is 7.38. The van der Waals surface area contributed by atoms with E-state index in [0.717, 1.165) is 35.1 Å². The number of nitrogens with zero attached hydrogens (tertiary/aromatic N) is 3. The van der Waals surface area contributed by atoms with Gasteiger partial charge in [-0.15, -0.1) is 10.2 Å². The Bertz CT molecular complexity index is 1010. The third kappa shape index (κ3) is 5.31. The molecule has 0 fully saturated rings. The second kappa shape index (κ2) is 9.80. The fraction of sp³-hybridized carbons (Fsp3) is 0.286. The van der Waals surface area contributed by atoms with Gasteiger partial charge in [0, 0.05) is 17.1 Å². The van der Waals surface area contributed by atoms with Crippen molar-refractivity contribution in [2.45, 2.75) is 32.0 Å². The molecule has 29 heavy (non-hydrogen) atoms. The molecule has 0 unspecified atom stereocenters. The molecule has 0 aliphatic rings. The third-order valence-electron chi connectivity index (χ3n) is 4.21. The quantitative estimate of drug-likeness (QED) is 0.506. The highest BCUT2D eigenvalue weighted by atomic mass is 35.5. The molecule has 8 heteroatoms. The van der Waals surface area contributed by atoms with Crippen LogP contribution in [0.25, 0.3) is 11.4 Å². The van der Waals surface area contributed by atoms with Gasteiger partial charge in [-0.25, -0.2) is 0 Å². The first-order valence-corrected chi connectivity index (χ1v) is 10.6. The Morgan fingerprint density at radius 3 is 2.79 bits per heavy atom. The minimum Gasteiger partial charge on any atom is -0.495 e. The van der Waals surface area contributed by atoms with E-state index in [2.05, 4.69) is 33.1 Å². The molecule has 1 amide bonds. The smallest absolute Gasteiger partial charge is 0.234 e. The van der Waals surface area contributed by atoms with E-state index in [0.29, 0.717) is 16.5 Å². The van der Waals surface area contributed by atoms with Crippen LogP contribution < -0.4 is 10.1 Å². The van der Waals surface area contributed by atoms with E-state index in [1.807, 2.05) is 25.1 Å². The van der Waals surface area contributed by atoms with E-state index >= 15 is 0 Å². The van der Waals surface area contributed by atoms with E-state index in [9.17, 15) is 4.79 Å². The Hall–Kier alpha value is -2.51. The predicted octanol–water partition coefficient (Wildman–Crippen LogP) is 5.06. The zero-order valence-electron chi connectivity index (χ0n) is 16.6. The second-order valence-corrected chi connectivity index (χ2v) is 7.89. The maximum Gasteiger partial charge on any atom is 0.234 e. The number of carbonyl (C=O) groups excluding carboxylic acids is 1. The fourth-order valence-corrected chi connectivity index (χ4v) is 3.85. The molecule has 152 valence electrons. The van der Waals surface area contributed by atoms with Crippen LogP contribution in [0.2, 0.25) is 5.02 Å². The molecule has 3 rings (SSSR count). The molecule has 0 spiro atoms. The van der Waals surface area contributed by atoms with Crippen molar-refractivity contribution in [1.82, 2.24) is 14.8 Å². The van der Waals surface area contributed by atoms with Crippen LogP contribution in [-0.4, -0.2) is 33.5 Å². The summed E-state index contributed by atoms with van der Waals surface area (Å²) in [5, 5.41) is 12.8. The highest BCUT2D eigenvalue weighted by molar-refractivity contribution is 7.99. The average molecular weight is 431 g/mol. The minimum absolute atomic E-state index is 0.168. The molecule has 0 radical (unpaired) electrons. The minimum atomic E-state index is -0.168. The number of hydrogen-bond acceptors (Lipinski definition) is 5. The van der Waals surface area contributed by atoms with E-state index in [4.69, 9.17) is 16.3 Å². The summed E-state index contributed by atoms with van der Waals surface area (Å²) in [6.45, 7) is 4.93. The number of ether oxygens (including phenoxy) is 1. The summed E-state index contributed by atoms with van der Waals surface area (Å²) in [5.41, 5.74) is 2.73. The number of benzene rings is 2. The summed E-state index contributed by atoms with van der Waals surface area (Å²) in [6, 6.07) is 13.3. The number of halogens is 1. The fourth-order valence-electron chi connectivity index (χ4n) is 2.91. The van der Waals surface area contributed by atoms with Gasteiger partial charge in [0.2, 0.25) is 5.91 Å². The number of nitrogens with one attached hydrogen (secondary N) is 1. The van der Waals surface area contributed by atoms with E-state index in [-0.39, 0.29) is 11.7 Å². The summed E-state index contributed by atoms with van der Waals surface area (Å²) in [5.74, 6) is 1.41. The molecule has 0 saturated heterocycles. The normalized spacial score (nSPS) is 10.8. The van der Waals surface area contributed by atoms with Gasteiger partial charge in [0.15, 0.2) is 11.0 Å². The highest BCUT2D eigenvalue weighted by Crippen LogP contribution is 2.29. The van der Waals surface area contributed by atoms with Crippen LogP contribution in [0.3, 0.4) is 0 Å². The summed E-state index contributed by atoms with van der Waals surface area (Å²) in [4.78, 5) is 12.5. The Labute approximate surface area is 179 Å². The molecule has 0 aliphatic heterocycles. The molecule has 0 aliphatic carbocycles. The summed E-state index contributed by atoms with van der Waals surface area (Å²) in [7, 11) is 1.55. The van der Waals surface area contributed by atoms with Crippen molar-refractivity contribution in [2.24, 2.45) is 0 Å². The second-order valence-electron chi connectivity index (χ2n) is 6.51. The third-order valence-corrected chi connectivity index (χ3v) is 5.41. The molecule has 1 N–H and O–H groups in total. The lowest BCUT2D eigenvalue weighted by atomic mass is 10.1. The van der Waals surface area contributed by atoms with Crippen LogP contribution in [0, 0.1) is 6.92 Å². The Morgan fingerprint density at radius 2 is 2.07 bits per heavy atom. The number of methoxy groups -OCH3 is 1. The first-order chi connectivity index (χ1) is 14.0. The standard InChI is InChI=1S/C21H23ClN4O2S/c1-4-10-26-20(15-7-5-6-14(2)11-15)24-25-21(26)29-13-19(27)23-17-12-16(22)8-9-18(17)28-3/h5-9,11-12H,4,10,13H2,1-3H3,(H,23,27). The molecule has 0 atom stereocenters. The summed E-state index contributed by atoms with van der Waals surface area (Å²) in [6.07, 6.45) is 0.941. The Morgan fingerprint density at radius 1 is 1.24 bits per heavy atom. The molecule has 0 saturated carbocycles. The molecule has 6 nitrogen and oxygen atoms in total. The zero-order valence-corrected chi connectivity index (χ0v) is 18.2. The lowest BCUT2D eigenvalue weighted by molar-refractivity contribution is -0.113. The number of rotatable bonds is 8. The number of aryl methyl sites for hydroxylation is 1. The number of thioether (sulfide) groups is 1. The maximum atomic E-state index is 12.5.